The Morgan fingerprint density at radius 2 is 2.13 bits per heavy atom. The Kier molecular flexibility index (Phi) is 5.06. The largest absolute Gasteiger partial charge is 0.389 e. The third-order valence-electron chi connectivity index (χ3n) is 4.46. The molecule has 1 fully saturated rings. The second-order valence-corrected chi connectivity index (χ2v) is 8.04. The van der Waals surface area contributed by atoms with E-state index >= 15 is 0 Å². The maximum absolute atomic E-state index is 12.6. The number of ether oxygens (including phenoxy) is 1. The fourth-order valence-corrected chi connectivity index (χ4v) is 4.37. The van der Waals surface area contributed by atoms with Gasteiger partial charge in [-0.1, -0.05) is 0 Å². The molecular formula is C17H26N2O3S. The van der Waals surface area contributed by atoms with E-state index < -0.39 is 5.60 Å². The Balaban J connectivity index is 1.51. The topological polar surface area (TPSA) is 53.0 Å². The van der Waals surface area contributed by atoms with E-state index in [-0.39, 0.29) is 12.0 Å². The van der Waals surface area contributed by atoms with Crippen LogP contribution in [0.1, 0.15) is 36.8 Å². The zero-order valence-electron chi connectivity index (χ0n) is 14.0. The lowest BCUT2D eigenvalue weighted by atomic mass is 10.0. The molecule has 1 atom stereocenters. The number of nitrogens with zero attached hydrogens (tertiary/aromatic N) is 2. The second kappa shape index (κ2) is 6.89. The lowest BCUT2D eigenvalue weighted by molar-refractivity contribution is -0.136. The van der Waals surface area contributed by atoms with E-state index in [1.165, 1.54) is 10.4 Å². The Labute approximate surface area is 141 Å². The van der Waals surface area contributed by atoms with Gasteiger partial charge in [0.1, 0.15) is 6.10 Å². The molecule has 0 aromatic carbocycles. The first-order valence-electron chi connectivity index (χ1n) is 8.33. The van der Waals surface area contributed by atoms with Gasteiger partial charge in [-0.2, -0.15) is 0 Å². The van der Waals surface area contributed by atoms with Crippen LogP contribution in [0.3, 0.4) is 0 Å². The number of piperazine rings is 1. The zero-order valence-corrected chi connectivity index (χ0v) is 14.8. The third-order valence-corrected chi connectivity index (χ3v) is 5.51. The first-order chi connectivity index (χ1) is 10.9. The molecule has 1 saturated heterocycles. The predicted octanol–water partition coefficient (Wildman–Crippen LogP) is 1.67. The van der Waals surface area contributed by atoms with Gasteiger partial charge in [0.15, 0.2) is 0 Å². The average molecular weight is 338 g/mol. The highest BCUT2D eigenvalue weighted by molar-refractivity contribution is 7.10. The summed E-state index contributed by atoms with van der Waals surface area (Å²) in [5.41, 5.74) is 0.659. The van der Waals surface area contributed by atoms with Gasteiger partial charge in [0.2, 0.25) is 5.91 Å². The van der Waals surface area contributed by atoms with E-state index in [0.717, 1.165) is 32.6 Å². The number of aliphatic hydroxyl groups is 1. The van der Waals surface area contributed by atoms with Crippen LogP contribution in [0.5, 0.6) is 0 Å². The molecular weight excluding hydrogens is 312 g/mol. The lowest BCUT2D eigenvalue weighted by Crippen LogP contribution is -2.52. The maximum atomic E-state index is 12.6. The number of hydrogen-bond acceptors (Lipinski definition) is 5. The van der Waals surface area contributed by atoms with Gasteiger partial charge < -0.3 is 14.7 Å². The molecule has 2 aliphatic heterocycles. The SMILES string of the molecule is CC(C)(O)CN1CCN(C(=O)CC2OCCc3ccsc32)CC1. The fraction of sp³-hybridized carbons (Fsp3) is 0.706. The number of hydrogen-bond donors (Lipinski definition) is 1. The number of carbonyl (C=O) groups is 1. The lowest BCUT2D eigenvalue weighted by Gasteiger charge is -2.37. The highest BCUT2D eigenvalue weighted by atomic mass is 32.1. The van der Waals surface area contributed by atoms with Crippen LogP contribution in [0, 0.1) is 0 Å². The van der Waals surface area contributed by atoms with Crippen LogP contribution in [0.15, 0.2) is 11.4 Å². The van der Waals surface area contributed by atoms with Crippen molar-refractivity contribution in [1.29, 1.82) is 0 Å². The van der Waals surface area contributed by atoms with Crippen molar-refractivity contribution in [3.05, 3.63) is 21.9 Å². The molecule has 23 heavy (non-hydrogen) atoms. The Bertz CT molecular complexity index is 544. The zero-order chi connectivity index (χ0) is 16.4. The van der Waals surface area contributed by atoms with Crippen molar-refractivity contribution in [3.63, 3.8) is 0 Å². The average Bonchev–Trinajstić information content (AvgIpc) is 2.96. The van der Waals surface area contributed by atoms with E-state index in [9.17, 15) is 9.90 Å². The van der Waals surface area contributed by atoms with Gasteiger partial charge in [0.05, 0.1) is 18.6 Å². The van der Waals surface area contributed by atoms with E-state index in [1.807, 2.05) is 18.7 Å². The smallest absolute Gasteiger partial charge is 0.225 e. The van der Waals surface area contributed by atoms with Gasteiger partial charge in [-0.05, 0) is 37.3 Å². The van der Waals surface area contributed by atoms with Crippen LogP contribution in [0.25, 0.3) is 0 Å². The molecule has 0 spiro atoms. The van der Waals surface area contributed by atoms with E-state index in [4.69, 9.17) is 4.74 Å². The molecule has 1 aromatic rings. The number of β-amino-alcohol motifs (C(OH)–C–C–N with tert-alkyl or cyclic N) is 1. The van der Waals surface area contributed by atoms with Crippen LogP contribution in [0.2, 0.25) is 0 Å². The molecule has 1 aromatic heterocycles. The summed E-state index contributed by atoms with van der Waals surface area (Å²) in [5.74, 6) is 0.180. The normalized spacial score (nSPS) is 22.9. The highest BCUT2D eigenvalue weighted by Crippen LogP contribution is 2.34. The molecule has 128 valence electrons. The summed E-state index contributed by atoms with van der Waals surface area (Å²) in [5, 5.41) is 12.0. The molecule has 3 heterocycles. The summed E-state index contributed by atoms with van der Waals surface area (Å²) in [6.07, 6.45) is 1.33. The number of carbonyl (C=O) groups excluding carboxylic acids is 1. The summed E-state index contributed by atoms with van der Waals surface area (Å²) in [6.45, 7) is 8.13. The van der Waals surface area contributed by atoms with Gasteiger partial charge in [-0.3, -0.25) is 9.69 Å². The third kappa shape index (κ3) is 4.32. The Morgan fingerprint density at radius 1 is 1.39 bits per heavy atom. The summed E-state index contributed by atoms with van der Waals surface area (Å²) in [6, 6.07) is 2.15. The Hall–Kier alpha value is -0.950. The summed E-state index contributed by atoms with van der Waals surface area (Å²) in [7, 11) is 0. The Morgan fingerprint density at radius 3 is 2.83 bits per heavy atom. The molecule has 2 aliphatic rings. The van der Waals surface area contributed by atoms with Crippen molar-refractivity contribution >= 4 is 17.2 Å². The van der Waals surface area contributed by atoms with Crippen LogP contribution in [-0.2, 0) is 16.0 Å². The fourth-order valence-electron chi connectivity index (χ4n) is 3.37. The summed E-state index contributed by atoms with van der Waals surface area (Å²) < 4.78 is 5.83. The van der Waals surface area contributed by atoms with Crippen molar-refractivity contribution in [1.82, 2.24) is 9.80 Å². The van der Waals surface area contributed by atoms with Crippen LogP contribution in [0.4, 0.5) is 0 Å². The molecule has 0 saturated carbocycles. The number of rotatable bonds is 4. The van der Waals surface area contributed by atoms with Crippen molar-refractivity contribution in [2.75, 3.05) is 39.3 Å². The summed E-state index contributed by atoms with van der Waals surface area (Å²) >= 11 is 1.70. The molecule has 1 unspecified atom stereocenters. The minimum atomic E-state index is -0.683. The van der Waals surface area contributed by atoms with Crippen LogP contribution in [-0.4, -0.2) is 65.7 Å². The van der Waals surface area contributed by atoms with Gasteiger partial charge >= 0.3 is 0 Å². The van der Waals surface area contributed by atoms with Gasteiger partial charge in [-0.25, -0.2) is 0 Å². The number of amides is 1. The number of thiophene rings is 1. The molecule has 1 N–H and O–H groups in total. The van der Waals surface area contributed by atoms with Crippen molar-refractivity contribution in [2.24, 2.45) is 0 Å². The molecule has 1 amide bonds. The van der Waals surface area contributed by atoms with Crippen LogP contribution < -0.4 is 0 Å². The van der Waals surface area contributed by atoms with Crippen LogP contribution >= 0.6 is 11.3 Å². The minimum absolute atomic E-state index is 0.0688. The maximum Gasteiger partial charge on any atom is 0.225 e. The standard InChI is InChI=1S/C17H26N2O3S/c1-17(2,21)12-18-5-7-19(8-6-18)15(20)11-14-16-13(3-9-22-14)4-10-23-16/h4,10,14,21H,3,5-9,11-12H2,1-2H3. The van der Waals surface area contributed by atoms with Crippen molar-refractivity contribution in [3.8, 4) is 0 Å². The second-order valence-electron chi connectivity index (χ2n) is 7.09. The highest BCUT2D eigenvalue weighted by Gasteiger charge is 2.29. The molecule has 0 radical (unpaired) electrons. The quantitative estimate of drug-likeness (QED) is 0.907. The van der Waals surface area contributed by atoms with E-state index in [0.29, 0.717) is 19.6 Å². The molecule has 0 bridgehead atoms. The summed E-state index contributed by atoms with van der Waals surface area (Å²) in [4.78, 5) is 18.0. The van der Waals surface area contributed by atoms with E-state index in [1.54, 1.807) is 11.3 Å². The minimum Gasteiger partial charge on any atom is -0.389 e. The van der Waals surface area contributed by atoms with Crippen molar-refractivity contribution < 1.29 is 14.6 Å². The first kappa shape index (κ1) is 16.9. The van der Waals surface area contributed by atoms with Gasteiger partial charge in [0, 0.05) is 37.6 Å². The van der Waals surface area contributed by atoms with Gasteiger partial charge in [-0.15, -0.1) is 11.3 Å². The monoisotopic (exact) mass is 338 g/mol. The van der Waals surface area contributed by atoms with E-state index in [2.05, 4.69) is 16.3 Å². The molecule has 3 rings (SSSR count). The predicted molar refractivity (Wildman–Crippen MR) is 90.7 cm³/mol. The molecule has 0 aliphatic carbocycles. The number of fused-ring (bicyclic) bond motifs is 1. The van der Waals surface area contributed by atoms with Crippen molar-refractivity contribution in [2.45, 2.75) is 38.4 Å². The molecule has 6 heteroatoms. The molecule has 5 nitrogen and oxygen atoms in total. The first-order valence-corrected chi connectivity index (χ1v) is 9.21. The van der Waals surface area contributed by atoms with Gasteiger partial charge in [0.25, 0.3) is 0 Å².